The standard InChI is InChI=1S/C17H19N3O4/c1-12-6-2-4-8-14(12)16(21)11-19-17(22)18-10-13-7-3-5-9-15(13)20(23)24/h2-9,16,21H,10-11H2,1H3,(H2,18,19,22). The molecule has 0 saturated heterocycles. The molecule has 2 amide bonds. The number of hydrogen-bond acceptors (Lipinski definition) is 4. The molecule has 0 bridgehead atoms. The molecule has 1 unspecified atom stereocenters. The molecule has 2 aromatic rings. The predicted octanol–water partition coefficient (Wildman–Crippen LogP) is 2.44. The Morgan fingerprint density at radius 2 is 1.83 bits per heavy atom. The molecule has 0 spiro atoms. The lowest BCUT2D eigenvalue weighted by Crippen LogP contribution is -2.37. The molecule has 3 N–H and O–H groups in total. The second-order valence-corrected chi connectivity index (χ2v) is 5.32. The van der Waals surface area contributed by atoms with Gasteiger partial charge in [0.25, 0.3) is 5.69 Å². The summed E-state index contributed by atoms with van der Waals surface area (Å²) in [4.78, 5) is 22.2. The quantitative estimate of drug-likeness (QED) is 0.559. The number of aliphatic hydroxyl groups is 1. The fourth-order valence-electron chi connectivity index (χ4n) is 2.34. The van der Waals surface area contributed by atoms with Gasteiger partial charge in [0.05, 0.1) is 17.6 Å². The number of para-hydroxylation sites is 1. The lowest BCUT2D eigenvalue weighted by Gasteiger charge is -2.15. The highest BCUT2D eigenvalue weighted by Gasteiger charge is 2.14. The Hall–Kier alpha value is -2.93. The highest BCUT2D eigenvalue weighted by molar-refractivity contribution is 5.74. The molecule has 2 rings (SSSR count). The summed E-state index contributed by atoms with van der Waals surface area (Å²) in [6.45, 7) is 1.96. The zero-order chi connectivity index (χ0) is 17.5. The van der Waals surface area contributed by atoms with Crippen LogP contribution in [0.3, 0.4) is 0 Å². The minimum absolute atomic E-state index is 0.0312. The van der Waals surface area contributed by atoms with Gasteiger partial charge in [0.15, 0.2) is 0 Å². The molecule has 126 valence electrons. The Morgan fingerprint density at radius 3 is 2.54 bits per heavy atom. The largest absolute Gasteiger partial charge is 0.387 e. The van der Waals surface area contributed by atoms with Gasteiger partial charge in [-0.25, -0.2) is 4.79 Å². The summed E-state index contributed by atoms with van der Waals surface area (Å²) >= 11 is 0. The van der Waals surface area contributed by atoms with Gasteiger partial charge in [-0.1, -0.05) is 42.5 Å². The molecular formula is C17H19N3O4. The highest BCUT2D eigenvalue weighted by Crippen LogP contribution is 2.17. The van der Waals surface area contributed by atoms with Gasteiger partial charge < -0.3 is 15.7 Å². The summed E-state index contributed by atoms with van der Waals surface area (Å²) in [6.07, 6.45) is -0.817. The Kier molecular flexibility index (Phi) is 5.86. The molecule has 0 aromatic heterocycles. The number of carbonyl (C=O) groups excluding carboxylic acids is 1. The minimum Gasteiger partial charge on any atom is -0.387 e. The van der Waals surface area contributed by atoms with Crippen molar-refractivity contribution < 1.29 is 14.8 Å². The first-order chi connectivity index (χ1) is 11.5. The zero-order valence-corrected chi connectivity index (χ0v) is 13.2. The molecule has 7 nitrogen and oxygen atoms in total. The number of rotatable bonds is 6. The van der Waals surface area contributed by atoms with Crippen LogP contribution in [0.5, 0.6) is 0 Å². The van der Waals surface area contributed by atoms with Gasteiger partial charge in [-0.3, -0.25) is 10.1 Å². The molecule has 7 heteroatoms. The van der Waals surface area contributed by atoms with Crippen LogP contribution >= 0.6 is 0 Å². The third kappa shape index (κ3) is 4.53. The third-order valence-electron chi connectivity index (χ3n) is 3.63. The van der Waals surface area contributed by atoms with Crippen LogP contribution in [0.1, 0.15) is 22.8 Å². The van der Waals surface area contributed by atoms with Crippen molar-refractivity contribution in [2.75, 3.05) is 6.54 Å². The Labute approximate surface area is 139 Å². The van der Waals surface area contributed by atoms with E-state index in [2.05, 4.69) is 10.6 Å². The van der Waals surface area contributed by atoms with Crippen molar-refractivity contribution in [1.29, 1.82) is 0 Å². The summed E-state index contributed by atoms with van der Waals surface area (Å²) in [7, 11) is 0. The normalized spacial score (nSPS) is 11.6. The van der Waals surface area contributed by atoms with E-state index in [0.29, 0.717) is 5.56 Å². The van der Waals surface area contributed by atoms with E-state index in [4.69, 9.17) is 0 Å². The molecule has 0 radical (unpaired) electrons. The molecule has 0 heterocycles. The predicted molar refractivity (Wildman–Crippen MR) is 89.5 cm³/mol. The van der Waals surface area contributed by atoms with E-state index in [-0.39, 0.29) is 18.8 Å². The van der Waals surface area contributed by atoms with E-state index in [9.17, 15) is 20.0 Å². The van der Waals surface area contributed by atoms with E-state index >= 15 is 0 Å². The van der Waals surface area contributed by atoms with Crippen molar-refractivity contribution in [3.8, 4) is 0 Å². The molecule has 0 fully saturated rings. The van der Waals surface area contributed by atoms with Crippen LogP contribution < -0.4 is 10.6 Å². The molecular weight excluding hydrogens is 310 g/mol. The number of hydrogen-bond donors (Lipinski definition) is 3. The van der Waals surface area contributed by atoms with Crippen LogP contribution in [-0.2, 0) is 6.54 Å². The number of benzene rings is 2. The SMILES string of the molecule is Cc1ccccc1C(O)CNC(=O)NCc1ccccc1[N+](=O)[O-]. The lowest BCUT2D eigenvalue weighted by molar-refractivity contribution is -0.385. The van der Waals surface area contributed by atoms with Crippen molar-refractivity contribution in [3.63, 3.8) is 0 Å². The first-order valence-electron chi connectivity index (χ1n) is 7.46. The lowest BCUT2D eigenvalue weighted by atomic mass is 10.0. The van der Waals surface area contributed by atoms with E-state index in [1.165, 1.54) is 6.07 Å². The summed E-state index contributed by atoms with van der Waals surface area (Å²) in [6, 6.07) is 13.1. The topological polar surface area (TPSA) is 104 Å². The smallest absolute Gasteiger partial charge is 0.315 e. The molecule has 1 atom stereocenters. The van der Waals surface area contributed by atoms with Gasteiger partial charge in [-0.2, -0.15) is 0 Å². The number of nitro benzene ring substituents is 1. The van der Waals surface area contributed by atoms with Crippen molar-refractivity contribution in [1.82, 2.24) is 10.6 Å². The van der Waals surface area contributed by atoms with Gasteiger partial charge in [0.1, 0.15) is 0 Å². The molecule has 0 aliphatic heterocycles. The van der Waals surface area contributed by atoms with Crippen molar-refractivity contribution >= 4 is 11.7 Å². The molecule has 2 aromatic carbocycles. The van der Waals surface area contributed by atoms with Gasteiger partial charge in [0.2, 0.25) is 0 Å². The molecule has 0 saturated carbocycles. The Bertz CT molecular complexity index is 733. The number of carbonyl (C=O) groups is 1. The van der Waals surface area contributed by atoms with Gasteiger partial charge in [0, 0.05) is 18.2 Å². The zero-order valence-electron chi connectivity index (χ0n) is 13.2. The fourth-order valence-corrected chi connectivity index (χ4v) is 2.34. The third-order valence-corrected chi connectivity index (χ3v) is 3.63. The van der Waals surface area contributed by atoms with Gasteiger partial charge >= 0.3 is 6.03 Å². The van der Waals surface area contributed by atoms with Crippen LogP contribution in [0, 0.1) is 17.0 Å². The maximum atomic E-state index is 11.8. The fraction of sp³-hybridized carbons (Fsp3) is 0.235. The summed E-state index contributed by atoms with van der Waals surface area (Å²) in [5.41, 5.74) is 2.05. The van der Waals surface area contributed by atoms with Crippen LogP contribution in [0.25, 0.3) is 0 Å². The van der Waals surface area contributed by atoms with E-state index in [1.54, 1.807) is 24.3 Å². The number of amides is 2. The number of urea groups is 1. The Balaban J connectivity index is 1.86. The van der Waals surface area contributed by atoms with Crippen molar-refractivity contribution in [2.45, 2.75) is 19.6 Å². The second-order valence-electron chi connectivity index (χ2n) is 5.32. The van der Waals surface area contributed by atoms with Crippen LogP contribution in [0.4, 0.5) is 10.5 Å². The second kappa shape index (κ2) is 8.07. The maximum absolute atomic E-state index is 11.8. The first-order valence-corrected chi connectivity index (χ1v) is 7.46. The highest BCUT2D eigenvalue weighted by atomic mass is 16.6. The van der Waals surface area contributed by atoms with E-state index in [1.807, 2.05) is 25.1 Å². The van der Waals surface area contributed by atoms with Crippen LogP contribution in [0.15, 0.2) is 48.5 Å². The molecule has 24 heavy (non-hydrogen) atoms. The molecule has 0 aliphatic rings. The van der Waals surface area contributed by atoms with Crippen LogP contribution in [0.2, 0.25) is 0 Å². The van der Waals surface area contributed by atoms with Crippen LogP contribution in [-0.4, -0.2) is 22.6 Å². The Morgan fingerprint density at radius 1 is 1.17 bits per heavy atom. The summed E-state index contributed by atoms with van der Waals surface area (Å²) in [5, 5.41) is 26.1. The number of aliphatic hydroxyl groups excluding tert-OH is 1. The van der Waals surface area contributed by atoms with Gasteiger partial charge in [-0.15, -0.1) is 0 Å². The average Bonchev–Trinajstić information content (AvgIpc) is 2.58. The average molecular weight is 329 g/mol. The van der Waals surface area contributed by atoms with Gasteiger partial charge in [-0.05, 0) is 18.1 Å². The van der Waals surface area contributed by atoms with Crippen molar-refractivity contribution in [3.05, 3.63) is 75.3 Å². The summed E-state index contributed by atoms with van der Waals surface area (Å²) < 4.78 is 0. The number of nitrogens with one attached hydrogen (secondary N) is 2. The minimum atomic E-state index is -0.817. The number of nitro groups is 1. The summed E-state index contributed by atoms with van der Waals surface area (Å²) in [5.74, 6) is 0. The monoisotopic (exact) mass is 329 g/mol. The van der Waals surface area contributed by atoms with Crippen molar-refractivity contribution in [2.24, 2.45) is 0 Å². The number of aryl methyl sites for hydroxylation is 1. The van der Waals surface area contributed by atoms with E-state index < -0.39 is 17.1 Å². The molecule has 0 aliphatic carbocycles. The first kappa shape index (κ1) is 17.4. The number of nitrogens with zero attached hydrogens (tertiary/aromatic N) is 1. The van der Waals surface area contributed by atoms with E-state index in [0.717, 1.165) is 11.1 Å². The maximum Gasteiger partial charge on any atom is 0.315 e.